The van der Waals surface area contributed by atoms with Gasteiger partial charge in [-0.3, -0.25) is 0 Å². The number of halogens is 2. The molecular weight excluding hydrogens is 276 g/mol. The Morgan fingerprint density at radius 3 is 2.57 bits per heavy atom. The molecule has 1 N–H and O–H groups in total. The fraction of sp³-hybridized carbons (Fsp3) is 0.0667. The molecule has 0 bridgehead atoms. The number of rotatable bonds is 3. The van der Waals surface area contributed by atoms with Gasteiger partial charge in [-0.15, -0.1) is 0 Å². The zero-order valence-corrected chi connectivity index (χ0v) is 10.9. The van der Waals surface area contributed by atoms with Gasteiger partial charge in [0.15, 0.2) is 0 Å². The van der Waals surface area contributed by atoms with Crippen molar-refractivity contribution in [3.8, 4) is 0 Å². The summed E-state index contributed by atoms with van der Waals surface area (Å²) in [5.41, 5.74) is 1.93. The predicted octanol–water partition coefficient (Wildman–Crippen LogP) is 2.95. The quantitative estimate of drug-likeness (QED) is 0.943. The molecule has 4 nitrogen and oxygen atoms in total. The number of nitrogens with zero attached hydrogens (tertiary/aromatic N) is 2. The summed E-state index contributed by atoms with van der Waals surface area (Å²) in [5.74, 6) is -0.581. The summed E-state index contributed by atoms with van der Waals surface area (Å²) in [6.45, 7) is 3.74. The third kappa shape index (κ3) is 3.05. The van der Waals surface area contributed by atoms with Crippen LogP contribution in [-0.2, 0) is 6.42 Å². The van der Waals surface area contributed by atoms with E-state index in [4.69, 9.17) is 4.52 Å². The van der Waals surface area contributed by atoms with Crippen molar-refractivity contribution in [2.24, 2.45) is 0 Å². The van der Waals surface area contributed by atoms with Crippen LogP contribution in [0.3, 0.4) is 0 Å². The van der Waals surface area contributed by atoms with Crippen LogP contribution >= 0.6 is 0 Å². The highest BCUT2D eigenvalue weighted by molar-refractivity contribution is 5.71. The fourth-order valence-corrected chi connectivity index (χ4v) is 1.93. The maximum absolute atomic E-state index is 13.1. The van der Waals surface area contributed by atoms with Crippen LogP contribution in [0.4, 0.5) is 8.78 Å². The summed E-state index contributed by atoms with van der Waals surface area (Å²) in [7, 11) is 0. The minimum atomic E-state index is -0.634. The molecule has 0 saturated heterocycles. The third-order valence-corrected chi connectivity index (χ3v) is 2.88. The Balaban J connectivity index is 1.79. The van der Waals surface area contributed by atoms with Gasteiger partial charge in [0.25, 0.3) is 0 Å². The molecule has 0 atom stereocenters. The van der Waals surface area contributed by atoms with E-state index in [9.17, 15) is 8.78 Å². The molecule has 0 aliphatic carbocycles. The number of aromatic nitrogens is 2. The topological polar surface area (TPSA) is 51.0 Å². The molecule has 106 valence electrons. The first-order valence-electron chi connectivity index (χ1n) is 6.22. The van der Waals surface area contributed by atoms with Gasteiger partial charge in [-0.2, -0.15) is 4.98 Å². The second-order valence-corrected chi connectivity index (χ2v) is 4.57. The van der Waals surface area contributed by atoms with Gasteiger partial charge in [-0.05, 0) is 29.8 Å². The van der Waals surface area contributed by atoms with Gasteiger partial charge >= 0.3 is 0 Å². The number of hydrogen-bond donors (Lipinski definition) is 1. The molecule has 1 aliphatic heterocycles. The first kappa shape index (κ1) is 13.2. The highest BCUT2D eigenvalue weighted by atomic mass is 19.1. The average Bonchev–Trinajstić information content (AvgIpc) is 2.87. The summed E-state index contributed by atoms with van der Waals surface area (Å²) in [4.78, 5) is 4.20. The van der Waals surface area contributed by atoms with Crippen LogP contribution in [-0.4, -0.2) is 10.1 Å². The van der Waals surface area contributed by atoms with Gasteiger partial charge < -0.3 is 9.84 Å². The Bertz CT molecular complexity index is 742. The van der Waals surface area contributed by atoms with E-state index >= 15 is 0 Å². The van der Waals surface area contributed by atoms with Crippen LogP contribution in [0.15, 0.2) is 53.4 Å². The van der Waals surface area contributed by atoms with Crippen molar-refractivity contribution in [3.63, 3.8) is 0 Å². The normalized spacial score (nSPS) is 14.0. The van der Waals surface area contributed by atoms with Crippen LogP contribution in [0.1, 0.15) is 17.3 Å². The number of allylic oxidation sites excluding steroid dienone is 3. The van der Waals surface area contributed by atoms with Gasteiger partial charge in [0.05, 0.1) is 6.42 Å². The first-order chi connectivity index (χ1) is 10.1. The fourth-order valence-electron chi connectivity index (χ4n) is 1.93. The molecule has 2 aromatic rings. The lowest BCUT2D eigenvalue weighted by Crippen LogP contribution is -2.06. The Kier molecular flexibility index (Phi) is 3.35. The van der Waals surface area contributed by atoms with Crippen molar-refractivity contribution in [2.45, 2.75) is 6.42 Å². The third-order valence-electron chi connectivity index (χ3n) is 2.88. The maximum atomic E-state index is 13.1. The molecule has 3 rings (SSSR count). The minimum Gasteiger partial charge on any atom is -0.361 e. The molecule has 0 amide bonds. The summed E-state index contributed by atoms with van der Waals surface area (Å²) in [5, 5.41) is 6.78. The summed E-state index contributed by atoms with van der Waals surface area (Å²) in [6, 6.07) is 3.29. The molecule has 2 heterocycles. The lowest BCUT2D eigenvalue weighted by Gasteiger charge is -2.06. The van der Waals surface area contributed by atoms with E-state index < -0.39 is 11.6 Å². The van der Waals surface area contributed by atoms with Crippen molar-refractivity contribution in [3.05, 3.63) is 77.7 Å². The van der Waals surface area contributed by atoms with Gasteiger partial charge in [-0.25, -0.2) is 8.78 Å². The van der Waals surface area contributed by atoms with Crippen molar-refractivity contribution < 1.29 is 13.3 Å². The molecule has 0 radical (unpaired) electrons. The summed E-state index contributed by atoms with van der Waals surface area (Å²) in [6.07, 6.45) is 5.46. The monoisotopic (exact) mass is 287 g/mol. The largest absolute Gasteiger partial charge is 0.361 e. The lowest BCUT2D eigenvalue weighted by molar-refractivity contribution is 0.382. The van der Waals surface area contributed by atoms with Gasteiger partial charge in [-0.1, -0.05) is 11.7 Å². The van der Waals surface area contributed by atoms with E-state index in [1.54, 1.807) is 18.4 Å². The van der Waals surface area contributed by atoms with Gasteiger partial charge in [0, 0.05) is 23.5 Å². The van der Waals surface area contributed by atoms with E-state index in [0.29, 0.717) is 11.4 Å². The molecule has 6 heteroatoms. The first-order valence-corrected chi connectivity index (χ1v) is 6.22. The molecule has 21 heavy (non-hydrogen) atoms. The summed E-state index contributed by atoms with van der Waals surface area (Å²) < 4.78 is 31.3. The molecule has 0 fully saturated rings. The molecule has 0 saturated carbocycles. The highest BCUT2D eigenvalue weighted by Crippen LogP contribution is 2.17. The lowest BCUT2D eigenvalue weighted by atomic mass is 10.1. The smallest absolute Gasteiger partial charge is 0.231 e. The second-order valence-electron chi connectivity index (χ2n) is 4.57. The standard InChI is InChI=1S/C15H11F2N3O/c1-9-2-3-11(8-18-9)15-19-14(21-20-15)6-10-4-12(16)7-13(17)5-10/h2-5,7-8,18H,1,6H2. The van der Waals surface area contributed by atoms with E-state index in [1.807, 2.05) is 0 Å². The average molecular weight is 287 g/mol. The van der Waals surface area contributed by atoms with Crippen LogP contribution in [0, 0.1) is 11.6 Å². The Hall–Kier alpha value is -2.76. The van der Waals surface area contributed by atoms with Crippen LogP contribution in [0.2, 0.25) is 0 Å². The second kappa shape index (κ2) is 5.32. The zero-order chi connectivity index (χ0) is 14.8. The van der Waals surface area contributed by atoms with Crippen molar-refractivity contribution in [2.75, 3.05) is 0 Å². The zero-order valence-electron chi connectivity index (χ0n) is 10.9. The van der Waals surface area contributed by atoms with Crippen LogP contribution in [0.25, 0.3) is 5.57 Å². The number of nitrogens with one attached hydrogen (secondary N) is 1. The molecular formula is C15H11F2N3O. The molecule has 0 spiro atoms. The molecule has 1 aliphatic rings. The van der Waals surface area contributed by atoms with Crippen molar-refractivity contribution in [1.82, 2.24) is 15.5 Å². The Labute approximate surface area is 119 Å². The summed E-state index contributed by atoms with van der Waals surface area (Å²) >= 11 is 0. The predicted molar refractivity (Wildman–Crippen MR) is 72.9 cm³/mol. The van der Waals surface area contributed by atoms with Gasteiger partial charge in [0.1, 0.15) is 11.6 Å². The molecule has 1 aromatic carbocycles. The van der Waals surface area contributed by atoms with E-state index in [1.165, 1.54) is 12.1 Å². The minimum absolute atomic E-state index is 0.165. The van der Waals surface area contributed by atoms with Crippen molar-refractivity contribution >= 4 is 5.57 Å². The molecule has 0 unspecified atom stereocenters. The number of hydrogen-bond acceptors (Lipinski definition) is 4. The van der Waals surface area contributed by atoms with E-state index in [-0.39, 0.29) is 12.3 Å². The Morgan fingerprint density at radius 1 is 1.14 bits per heavy atom. The number of benzene rings is 1. The SMILES string of the molecule is C=C1C=CC(c2noc(Cc3cc(F)cc(F)c3)n2)=CN1. The Morgan fingerprint density at radius 2 is 1.90 bits per heavy atom. The maximum Gasteiger partial charge on any atom is 0.231 e. The van der Waals surface area contributed by atoms with Gasteiger partial charge in [0.2, 0.25) is 11.7 Å². The number of dihydropyridines is 1. The highest BCUT2D eigenvalue weighted by Gasteiger charge is 2.12. The van der Waals surface area contributed by atoms with Crippen LogP contribution in [0.5, 0.6) is 0 Å². The van der Waals surface area contributed by atoms with E-state index in [0.717, 1.165) is 17.3 Å². The van der Waals surface area contributed by atoms with Crippen LogP contribution < -0.4 is 5.32 Å². The molecule has 1 aromatic heterocycles. The van der Waals surface area contributed by atoms with Crippen molar-refractivity contribution in [1.29, 1.82) is 0 Å². The van der Waals surface area contributed by atoms with E-state index in [2.05, 4.69) is 22.0 Å².